The third-order valence-corrected chi connectivity index (χ3v) is 8.04. The maximum Gasteiger partial charge on any atom is 0.349 e. The number of benzene rings is 1. The Morgan fingerprint density at radius 2 is 1.71 bits per heavy atom. The zero-order valence-electron chi connectivity index (χ0n) is 20.7. The van der Waals surface area contributed by atoms with Gasteiger partial charge in [0.2, 0.25) is 0 Å². The number of carboxylic acid groups (broad SMARTS) is 2. The van der Waals surface area contributed by atoms with Crippen LogP contribution in [0.2, 0.25) is 5.02 Å². The first-order chi connectivity index (χ1) is 16.1. The Hall–Kier alpha value is -2.42. The fourth-order valence-corrected chi connectivity index (χ4v) is 7.10. The third kappa shape index (κ3) is 6.23. The van der Waals surface area contributed by atoms with Crippen LogP contribution < -0.4 is 10.1 Å². The van der Waals surface area contributed by atoms with Crippen LogP contribution in [0.5, 0.6) is 5.75 Å². The van der Waals surface area contributed by atoms with E-state index in [4.69, 9.17) is 21.4 Å². The van der Waals surface area contributed by atoms with Crippen LogP contribution in [0, 0.1) is 10.8 Å². The maximum absolute atomic E-state index is 12.9. The molecule has 190 valence electrons. The number of ketones is 1. The van der Waals surface area contributed by atoms with Crippen LogP contribution in [0.4, 0.5) is 0 Å². The fourth-order valence-electron chi connectivity index (χ4n) is 5.69. The zero-order valence-corrected chi connectivity index (χ0v) is 22.2. The van der Waals surface area contributed by atoms with Crippen molar-refractivity contribution < 1.29 is 29.3 Å². The van der Waals surface area contributed by atoms with Crippen molar-refractivity contribution in [2.24, 2.45) is 10.8 Å². The maximum atomic E-state index is 12.9. The largest absolute Gasteiger partial charge is 0.479 e. The highest BCUT2D eigenvalue weighted by atomic mass is 35.5. The van der Waals surface area contributed by atoms with Gasteiger partial charge in [-0.1, -0.05) is 57.5 Å². The van der Waals surface area contributed by atoms with Crippen molar-refractivity contribution in [1.82, 2.24) is 5.32 Å². The number of carboxylic acids is 2. The number of rotatable bonds is 9. The summed E-state index contributed by atoms with van der Waals surface area (Å²) in [6.07, 6.45) is 2.55. The molecule has 3 rings (SSSR count). The van der Waals surface area contributed by atoms with Crippen molar-refractivity contribution in [3.8, 4) is 16.2 Å². The molecule has 1 heterocycles. The summed E-state index contributed by atoms with van der Waals surface area (Å²) in [7, 11) is 0. The molecule has 3 N–H and O–H groups in total. The van der Waals surface area contributed by atoms with E-state index < -0.39 is 24.1 Å². The molecule has 1 fully saturated rings. The number of halogens is 1. The number of hydrogen-bond donors (Lipinski definition) is 3. The van der Waals surface area contributed by atoms with Crippen molar-refractivity contribution in [2.75, 3.05) is 6.61 Å². The second kappa shape index (κ2) is 9.91. The predicted molar refractivity (Wildman–Crippen MR) is 137 cm³/mol. The highest BCUT2D eigenvalue weighted by Gasteiger charge is 2.49. The minimum Gasteiger partial charge on any atom is -0.479 e. The number of aromatic carboxylic acids is 1. The molecule has 1 saturated carbocycles. The van der Waals surface area contributed by atoms with Crippen molar-refractivity contribution in [2.45, 2.75) is 66.0 Å². The molecule has 35 heavy (non-hydrogen) atoms. The Morgan fingerprint density at radius 1 is 1.09 bits per heavy atom. The molecule has 1 aromatic heterocycles. The average molecular weight is 522 g/mol. The van der Waals surface area contributed by atoms with E-state index in [9.17, 15) is 19.5 Å². The van der Waals surface area contributed by atoms with E-state index in [0.29, 0.717) is 17.0 Å². The molecular weight excluding hydrogens is 490 g/mol. The molecule has 0 aliphatic heterocycles. The van der Waals surface area contributed by atoms with Gasteiger partial charge in [-0.15, -0.1) is 11.3 Å². The van der Waals surface area contributed by atoms with Crippen molar-refractivity contribution in [3.05, 3.63) is 39.7 Å². The van der Waals surface area contributed by atoms with Crippen LogP contribution in [-0.4, -0.2) is 40.1 Å². The Kier molecular flexibility index (Phi) is 7.70. The summed E-state index contributed by atoms with van der Waals surface area (Å²) in [4.78, 5) is 35.8. The molecular formula is C26H32ClNO6S. The van der Waals surface area contributed by atoms with Crippen LogP contribution in [0.3, 0.4) is 0 Å². The van der Waals surface area contributed by atoms with E-state index in [2.05, 4.69) is 33.0 Å². The number of thiophene rings is 1. The standard InChI is InChI=1S/C26H32ClNO6S/c1-15(29)26(13-24(2,3)12-25(4,5)14-26)28-10-16-7-6-8-17(9-16)21-19(27)20(34-11-18(30)31)22(35-21)23(32)33/h6-9,28H,10-14H2,1-5H3,(H,30,31)(H,32,33). The van der Waals surface area contributed by atoms with E-state index in [1.54, 1.807) is 13.0 Å². The zero-order chi connectivity index (χ0) is 26.2. The Bertz CT molecular complexity index is 1140. The number of ether oxygens (including phenoxy) is 1. The quantitative estimate of drug-likeness (QED) is 0.377. The highest BCUT2D eigenvalue weighted by molar-refractivity contribution is 7.18. The molecule has 9 heteroatoms. The van der Waals surface area contributed by atoms with Gasteiger partial charge in [0.05, 0.1) is 10.4 Å². The monoisotopic (exact) mass is 521 g/mol. The molecule has 0 unspecified atom stereocenters. The number of carbonyl (C=O) groups is 3. The topological polar surface area (TPSA) is 113 Å². The lowest BCUT2D eigenvalue weighted by molar-refractivity contribution is -0.139. The first-order valence-electron chi connectivity index (χ1n) is 11.4. The second-order valence-electron chi connectivity index (χ2n) is 10.9. The Labute approximate surface area is 214 Å². The van der Waals surface area contributed by atoms with Gasteiger partial charge in [0.15, 0.2) is 17.2 Å². The molecule has 0 spiro atoms. The highest BCUT2D eigenvalue weighted by Crippen LogP contribution is 2.50. The Balaban J connectivity index is 1.90. The fraction of sp³-hybridized carbons (Fsp3) is 0.500. The van der Waals surface area contributed by atoms with Crippen LogP contribution in [-0.2, 0) is 16.1 Å². The van der Waals surface area contributed by atoms with Gasteiger partial charge in [-0.3, -0.25) is 4.79 Å². The van der Waals surface area contributed by atoms with Gasteiger partial charge >= 0.3 is 11.9 Å². The summed E-state index contributed by atoms with van der Waals surface area (Å²) in [6.45, 7) is 10.2. The lowest BCUT2D eigenvalue weighted by atomic mass is 9.57. The third-order valence-electron chi connectivity index (χ3n) is 6.36. The number of carbonyl (C=O) groups excluding carboxylic acids is 1. The van der Waals surface area contributed by atoms with Gasteiger partial charge in [-0.2, -0.15) is 0 Å². The Morgan fingerprint density at radius 3 is 2.26 bits per heavy atom. The van der Waals surface area contributed by atoms with Crippen LogP contribution in [0.1, 0.15) is 69.1 Å². The smallest absolute Gasteiger partial charge is 0.349 e. The van der Waals surface area contributed by atoms with E-state index in [0.717, 1.165) is 36.2 Å². The van der Waals surface area contributed by atoms with E-state index in [1.165, 1.54) is 0 Å². The van der Waals surface area contributed by atoms with Gasteiger partial charge in [0, 0.05) is 6.54 Å². The van der Waals surface area contributed by atoms with E-state index in [1.807, 2.05) is 18.2 Å². The molecule has 0 atom stereocenters. The molecule has 1 aliphatic rings. The average Bonchev–Trinajstić information content (AvgIpc) is 3.05. The summed E-state index contributed by atoms with van der Waals surface area (Å²) in [5.74, 6) is -2.49. The van der Waals surface area contributed by atoms with Crippen molar-refractivity contribution in [3.63, 3.8) is 0 Å². The first-order valence-corrected chi connectivity index (χ1v) is 12.6. The summed E-state index contributed by atoms with van der Waals surface area (Å²) in [5.41, 5.74) is 1.02. The molecule has 0 bridgehead atoms. The molecule has 0 saturated heterocycles. The summed E-state index contributed by atoms with van der Waals surface area (Å²) in [5, 5.41) is 22.1. The molecule has 0 amide bonds. The lowest BCUT2D eigenvalue weighted by Crippen LogP contribution is -2.58. The van der Waals surface area contributed by atoms with E-state index >= 15 is 0 Å². The minimum atomic E-state index is -1.24. The SMILES string of the molecule is CC(=O)C1(NCc2cccc(-c3sc(C(=O)O)c(OCC(=O)O)c3Cl)c2)CC(C)(C)CC(C)(C)C1. The van der Waals surface area contributed by atoms with Crippen LogP contribution in [0.15, 0.2) is 24.3 Å². The van der Waals surface area contributed by atoms with Gasteiger partial charge in [0.25, 0.3) is 0 Å². The van der Waals surface area contributed by atoms with Crippen LogP contribution in [0.25, 0.3) is 10.4 Å². The van der Waals surface area contributed by atoms with Crippen molar-refractivity contribution in [1.29, 1.82) is 0 Å². The molecule has 1 aromatic carbocycles. The summed E-state index contributed by atoms with van der Waals surface area (Å²) < 4.78 is 5.18. The van der Waals surface area contributed by atoms with Gasteiger partial charge in [-0.25, -0.2) is 9.59 Å². The van der Waals surface area contributed by atoms with Crippen LogP contribution >= 0.6 is 22.9 Å². The molecule has 0 radical (unpaired) electrons. The van der Waals surface area contributed by atoms with Gasteiger partial charge in [-0.05, 0) is 54.2 Å². The number of hydrogen-bond acceptors (Lipinski definition) is 6. The van der Waals surface area contributed by atoms with Gasteiger partial charge < -0.3 is 20.3 Å². The molecule has 2 aromatic rings. The number of aliphatic carboxylic acids is 1. The second-order valence-corrected chi connectivity index (χ2v) is 12.3. The number of Topliss-reactive ketones (excluding diaryl/α,β-unsaturated/α-hetero) is 1. The first kappa shape index (κ1) is 27.2. The molecule has 1 aliphatic carbocycles. The van der Waals surface area contributed by atoms with E-state index in [-0.39, 0.29) is 32.3 Å². The van der Waals surface area contributed by atoms with Crippen molar-refractivity contribution >= 4 is 40.7 Å². The van der Waals surface area contributed by atoms with Gasteiger partial charge in [0.1, 0.15) is 10.8 Å². The summed E-state index contributed by atoms with van der Waals surface area (Å²) in [6, 6.07) is 7.48. The predicted octanol–water partition coefficient (Wildman–Crippen LogP) is 5.88. The molecule has 7 nitrogen and oxygen atoms in total. The minimum absolute atomic E-state index is 0.0202. The lowest BCUT2D eigenvalue weighted by Gasteiger charge is -2.51. The number of nitrogens with one attached hydrogen (secondary N) is 1. The normalized spacial score (nSPS) is 18.1. The summed E-state index contributed by atoms with van der Waals surface area (Å²) >= 11 is 7.37.